The molecule has 3 aromatic rings. The summed E-state index contributed by atoms with van der Waals surface area (Å²) in [6, 6.07) is 11.5. The number of nitrogens with one attached hydrogen (secondary N) is 2. The molecule has 1 aromatic carbocycles. The number of anilines is 1. The smallest absolute Gasteiger partial charge is 0.264 e. The number of hydrogen-bond donors (Lipinski definition) is 2. The van der Waals surface area contributed by atoms with Crippen molar-refractivity contribution in [1.82, 2.24) is 9.97 Å². The van der Waals surface area contributed by atoms with Gasteiger partial charge in [-0.3, -0.25) is 4.72 Å². The maximum atomic E-state index is 12.4. The molecule has 3 rings (SSSR count). The Kier molecular flexibility index (Phi) is 3.08. The van der Waals surface area contributed by atoms with Gasteiger partial charge in [-0.25, -0.2) is 13.4 Å². The summed E-state index contributed by atoms with van der Waals surface area (Å²) >= 11 is 0. The van der Waals surface area contributed by atoms with Crippen LogP contribution in [0.4, 0.5) is 5.69 Å². The van der Waals surface area contributed by atoms with Crippen LogP contribution in [-0.2, 0) is 10.0 Å². The van der Waals surface area contributed by atoms with Crippen LogP contribution in [-0.4, -0.2) is 18.4 Å². The second-order valence-electron chi connectivity index (χ2n) is 4.35. The van der Waals surface area contributed by atoms with Crippen LogP contribution in [0.2, 0.25) is 0 Å². The molecule has 2 heterocycles. The van der Waals surface area contributed by atoms with E-state index in [1.807, 2.05) is 6.07 Å². The minimum Gasteiger partial charge on any atom is -0.345 e. The normalized spacial score (nSPS) is 11.2. The number of aromatic nitrogens is 2. The molecule has 0 unspecified atom stereocenters. The monoisotopic (exact) mass is 298 g/mol. The van der Waals surface area contributed by atoms with Gasteiger partial charge in [-0.1, -0.05) is 0 Å². The summed E-state index contributed by atoms with van der Waals surface area (Å²) in [5.74, 6) is 0. The van der Waals surface area contributed by atoms with Crippen molar-refractivity contribution in [3.05, 3.63) is 54.4 Å². The molecule has 21 heavy (non-hydrogen) atoms. The summed E-state index contributed by atoms with van der Waals surface area (Å²) in [6.45, 7) is 0. The van der Waals surface area contributed by atoms with Crippen molar-refractivity contribution in [2.24, 2.45) is 0 Å². The highest BCUT2D eigenvalue weighted by atomic mass is 32.2. The summed E-state index contributed by atoms with van der Waals surface area (Å²) < 4.78 is 27.3. The average molecular weight is 298 g/mol. The van der Waals surface area contributed by atoms with Gasteiger partial charge in [0, 0.05) is 23.5 Å². The number of aromatic amines is 1. The molecule has 0 amide bonds. The number of benzene rings is 1. The molecule has 0 fully saturated rings. The molecule has 2 N–H and O–H groups in total. The van der Waals surface area contributed by atoms with E-state index in [1.54, 1.807) is 42.6 Å². The second-order valence-corrected chi connectivity index (χ2v) is 6.00. The standard InChI is InChI=1S/C14H10N4O2S/c15-8-10-3-5-11(6-4-10)18-21(19,20)13-9-17-14-12(13)2-1-7-16-14/h1-7,9,18H,(H,16,17). The Labute approximate surface area is 121 Å². The lowest BCUT2D eigenvalue weighted by molar-refractivity contribution is 0.602. The van der Waals surface area contributed by atoms with Gasteiger partial charge in [0.2, 0.25) is 0 Å². The summed E-state index contributed by atoms with van der Waals surface area (Å²) in [6.07, 6.45) is 2.99. The number of sulfonamides is 1. The first-order valence-electron chi connectivity index (χ1n) is 6.05. The van der Waals surface area contributed by atoms with Gasteiger partial charge in [0.25, 0.3) is 10.0 Å². The molecular formula is C14H10N4O2S. The third kappa shape index (κ3) is 2.44. The highest BCUT2D eigenvalue weighted by Gasteiger charge is 2.19. The Bertz CT molecular complexity index is 937. The third-order valence-electron chi connectivity index (χ3n) is 2.97. The Hall–Kier alpha value is -2.85. The van der Waals surface area contributed by atoms with Gasteiger partial charge in [-0.2, -0.15) is 5.26 Å². The van der Waals surface area contributed by atoms with Crippen molar-refractivity contribution >= 4 is 26.7 Å². The summed E-state index contributed by atoms with van der Waals surface area (Å²) in [7, 11) is -3.72. The topological polar surface area (TPSA) is 98.6 Å². The zero-order valence-electron chi connectivity index (χ0n) is 10.7. The van der Waals surface area contributed by atoms with Crippen LogP contribution in [0, 0.1) is 11.3 Å². The SMILES string of the molecule is N#Cc1ccc(NS(=O)(=O)c2c[nH]c3ncccc23)cc1. The van der Waals surface area contributed by atoms with E-state index in [0.717, 1.165) is 0 Å². The van der Waals surface area contributed by atoms with Crippen LogP contribution in [0.5, 0.6) is 0 Å². The minimum absolute atomic E-state index is 0.134. The summed E-state index contributed by atoms with van der Waals surface area (Å²) in [5, 5.41) is 9.26. The van der Waals surface area contributed by atoms with E-state index in [2.05, 4.69) is 14.7 Å². The highest BCUT2D eigenvalue weighted by molar-refractivity contribution is 7.93. The number of rotatable bonds is 3. The quantitative estimate of drug-likeness (QED) is 0.774. The number of nitrogens with zero attached hydrogens (tertiary/aromatic N) is 2. The number of pyridine rings is 1. The zero-order valence-corrected chi connectivity index (χ0v) is 11.6. The fraction of sp³-hybridized carbons (Fsp3) is 0. The third-order valence-corrected chi connectivity index (χ3v) is 4.39. The largest absolute Gasteiger partial charge is 0.345 e. The minimum atomic E-state index is -3.72. The molecule has 0 spiro atoms. The predicted octanol–water partition coefficient (Wildman–Crippen LogP) is 2.24. The van der Waals surface area contributed by atoms with Crippen LogP contribution in [0.1, 0.15) is 5.56 Å². The summed E-state index contributed by atoms with van der Waals surface area (Å²) in [4.78, 5) is 7.02. The van der Waals surface area contributed by atoms with Crippen LogP contribution >= 0.6 is 0 Å². The van der Waals surface area contributed by atoms with Gasteiger partial charge in [0.1, 0.15) is 10.5 Å². The van der Waals surface area contributed by atoms with E-state index < -0.39 is 10.0 Å². The molecule has 2 aromatic heterocycles. The highest BCUT2D eigenvalue weighted by Crippen LogP contribution is 2.23. The second kappa shape index (κ2) is 4.92. The lowest BCUT2D eigenvalue weighted by atomic mass is 10.2. The van der Waals surface area contributed by atoms with Crippen molar-refractivity contribution < 1.29 is 8.42 Å². The van der Waals surface area contributed by atoms with Crippen molar-refractivity contribution in [1.29, 1.82) is 5.26 Å². The first kappa shape index (κ1) is 13.1. The van der Waals surface area contributed by atoms with Gasteiger partial charge in [-0.15, -0.1) is 0 Å². The first-order chi connectivity index (χ1) is 10.1. The van der Waals surface area contributed by atoms with Crippen LogP contribution < -0.4 is 4.72 Å². The lowest BCUT2D eigenvalue weighted by Crippen LogP contribution is -2.12. The maximum Gasteiger partial charge on any atom is 0.264 e. The lowest BCUT2D eigenvalue weighted by Gasteiger charge is -2.06. The van der Waals surface area contributed by atoms with Crippen molar-refractivity contribution in [2.75, 3.05) is 4.72 Å². The molecule has 0 aliphatic rings. The van der Waals surface area contributed by atoms with E-state index in [-0.39, 0.29) is 4.90 Å². The number of fused-ring (bicyclic) bond motifs is 1. The molecule has 7 heteroatoms. The molecule has 6 nitrogen and oxygen atoms in total. The Morgan fingerprint density at radius 1 is 1.19 bits per heavy atom. The van der Waals surface area contributed by atoms with E-state index in [0.29, 0.717) is 22.3 Å². The van der Waals surface area contributed by atoms with Crippen molar-refractivity contribution in [2.45, 2.75) is 4.90 Å². The fourth-order valence-corrected chi connectivity index (χ4v) is 3.20. The van der Waals surface area contributed by atoms with Crippen molar-refractivity contribution in [3.63, 3.8) is 0 Å². The summed E-state index contributed by atoms with van der Waals surface area (Å²) in [5.41, 5.74) is 1.37. The molecular weight excluding hydrogens is 288 g/mol. The molecule has 0 saturated heterocycles. The van der Waals surface area contributed by atoms with Gasteiger partial charge in [-0.05, 0) is 36.4 Å². The van der Waals surface area contributed by atoms with Crippen LogP contribution in [0.25, 0.3) is 11.0 Å². The maximum absolute atomic E-state index is 12.4. The molecule has 0 bridgehead atoms. The Morgan fingerprint density at radius 3 is 2.67 bits per heavy atom. The Morgan fingerprint density at radius 2 is 1.95 bits per heavy atom. The van der Waals surface area contributed by atoms with Crippen LogP contribution in [0.15, 0.2) is 53.7 Å². The van der Waals surface area contributed by atoms with E-state index in [1.165, 1.54) is 6.20 Å². The molecule has 0 aliphatic heterocycles. The van der Waals surface area contributed by atoms with E-state index >= 15 is 0 Å². The van der Waals surface area contributed by atoms with Crippen LogP contribution in [0.3, 0.4) is 0 Å². The van der Waals surface area contributed by atoms with Gasteiger partial charge >= 0.3 is 0 Å². The van der Waals surface area contributed by atoms with Gasteiger partial charge in [0.15, 0.2) is 0 Å². The Balaban J connectivity index is 1.98. The number of hydrogen-bond acceptors (Lipinski definition) is 4. The fourth-order valence-electron chi connectivity index (χ4n) is 1.98. The number of nitriles is 1. The molecule has 104 valence electrons. The number of H-pyrrole nitrogens is 1. The zero-order chi connectivity index (χ0) is 14.9. The van der Waals surface area contributed by atoms with Gasteiger partial charge < -0.3 is 4.98 Å². The van der Waals surface area contributed by atoms with E-state index in [9.17, 15) is 8.42 Å². The first-order valence-corrected chi connectivity index (χ1v) is 7.53. The van der Waals surface area contributed by atoms with Gasteiger partial charge in [0.05, 0.1) is 11.6 Å². The van der Waals surface area contributed by atoms with Crippen molar-refractivity contribution in [3.8, 4) is 6.07 Å². The molecule has 0 saturated carbocycles. The van der Waals surface area contributed by atoms with E-state index in [4.69, 9.17) is 5.26 Å². The molecule has 0 aliphatic carbocycles. The predicted molar refractivity (Wildman–Crippen MR) is 78.1 cm³/mol. The average Bonchev–Trinajstić information content (AvgIpc) is 2.92. The molecule has 0 radical (unpaired) electrons. The molecule has 0 atom stereocenters.